The van der Waals surface area contributed by atoms with Crippen molar-refractivity contribution < 1.29 is 13.2 Å². The van der Waals surface area contributed by atoms with Crippen LogP contribution in [0, 0.1) is 6.92 Å². The Morgan fingerprint density at radius 1 is 1.18 bits per heavy atom. The van der Waals surface area contributed by atoms with E-state index in [0.29, 0.717) is 5.02 Å². The van der Waals surface area contributed by atoms with Gasteiger partial charge in [-0.05, 0) is 43.7 Å². The lowest BCUT2D eigenvalue weighted by Crippen LogP contribution is -2.45. The third-order valence-corrected chi connectivity index (χ3v) is 7.28. The van der Waals surface area contributed by atoms with Crippen LogP contribution in [0.25, 0.3) is 11.3 Å². The molecule has 0 atom stereocenters. The van der Waals surface area contributed by atoms with Crippen molar-refractivity contribution in [1.82, 2.24) is 15.3 Å². The van der Waals surface area contributed by atoms with Crippen molar-refractivity contribution in [3.8, 4) is 11.3 Å². The summed E-state index contributed by atoms with van der Waals surface area (Å²) in [6.45, 7) is 7.77. The first kappa shape index (κ1) is 25.4. The van der Waals surface area contributed by atoms with Gasteiger partial charge in [0.25, 0.3) is 0 Å². The number of rotatable bonds is 8. The average Bonchev–Trinajstić information content (AvgIpc) is 2.78. The molecule has 1 aliphatic heterocycles. The second kappa shape index (κ2) is 10.8. The van der Waals surface area contributed by atoms with Crippen LogP contribution < -0.4 is 10.2 Å². The fraction of sp³-hybridized carbons (Fsp3) is 0.542. The predicted octanol–water partition coefficient (Wildman–Crippen LogP) is 3.75. The first-order chi connectivity index (χ1) is 15.6. The predicted molar refractivity (Wildman–Crippen MR) is 134 cm³/mol. The quantitative estimate of drug-likeness (QED) is 0.603. The van der Waals surface area contributed by atoms with Gasteiger partial charge in [-0.2, -0.15) is 0 Å². The second-order valence-electron chi connectivity index (χ2n) is 8.72. The Kier molecular flexibility index (Phi) is 8.34. The van der Waals surface area contributed by atoms with Gasteiger partial charge in [0.1, 0.15) is 15.7 Å². The van der Waals surface area contributed by atoms with Gasteiger partial charge >= 0.3 is 0 Å². The van der Waals surface area contributed by atoms with Gasteiger partial charge in [-0.15, -0.1) is 0 Å². The van der Waals surface area contributed by atoms with E-state index in [1.165, 1.54) is 5.56 Å². The van der Waals surface area contributed by atoms with Crippen LogP contribution in [0.4, 0.5) is 5.82 Å². The molecule has 33 heavy (non-hydrogen) atoms. The maximum atomic E-state index is 12.1. The minimum atomic E-state index is -3.14. The number of anilines is 1. The van der Waals surface area contributed by atoms with E-state index in [1.807, 2.05) is 13.1 Å². The topological polar surface area (TPSA) is 92.3 Å². The van der Waals surface area contributed by atoms with Gasteiger partial charge < -0.3 is 10.2 Å². The molecular weight excluding hydrogens is 460 g/mol. The fourth-order valence-electron chi connectivity index (χ4n) is 4.32. The number of amides is 1. The van der Waals surface area contributed by atoms with E-state index in [9.17, 15) is 13.2 Å². The van der Waals surface area contributed by atoms with E-state index in [2.05, 4.69) is 35.1 Å². The van der Waals surface area contributed by atoms with Gasteiger partial charge in [-0.25, -0.2) is 13.4 Å². The van der Waals surface area contributed by atoms with Crippen molar-refractivity contribution in [3.63, 3.8) is 0 Å². The molecule has 3 heterocycles. The number of carbonyl (C=O) groups is 1. The van der Waals surface area contributed by atoms with Gasteiger partial charge in [0.15, 0.2) is 0 Å². The number of hydrogen-bond donors (Lipinski definition) is 1. The normalized spacial score (nSPS) is 15.0. The molecule has 0 bridgehead atoms. The Balaban J connectivity index is 1.78. The summed E-state index contributed by atoms with van der Waals surface area (Å²) in [5, 5.41) is 3.58. The molecule has 1 aliphatic rings. The monoisotopic (exact) mass is 492 g/mol. The molecule has 1 fully saturated rings. The van der Waals surface area contributed by atoms with Crippen molar-refractivity contribution in [2.45, 2.75) is 58.9 Å². The maximum absolute atomic E-state index is 12.1. The third kappa shape index (κ3) is 6.44. The highest BCUT2D eigenvalue weighted by atomic mass is 35.5. The Morgan fingerprint density at radius 2 is 1.88 bits per heavy atom. The van der Waals surface area contributed by atoms with E-state index in [-0.39, 0.29) is 24.1 Å². The van der Waals surface area contributed by atoms with Crippen LogP contribution in [-0.4, -0.2) is 55.4 Å². The van der Waals surface area contributed by atoms with Crippen LogP contribution in [0.15, 0.2) is 18.5 Å². The van der Waals surface area contributed by atoms with E-state index < -0.39 is 9.84 Å². The van der Waals surface area contributed by atoms with Crippen molar-refractivity contribution >= 4 is 33.2 Å². The van der Waals surface area contributed by atoms with Crippen molar-refractivity contribution in [1.29, 1.82) is 0 Å². The number of aromatic nitrogens is 2. The number of nitrogens with zero attached hydrogens (tertiary/aromatic N) is 3. The Labute approximate surface area is 201 Å². The molecule has 2 aromatic heterocycles. The molecule has 0 unspecified atom stereocenters. The van der Waals surface area contributed by atoms with Gasteiger partial charge in [0.05, 0.1) is 16.5 Å². The molecule has 0 aliphatic carbocycles. The van der Waals surface area contributed by atoms with Gasteiger partial charge in [0.2, 0.25) is 5.91 Å². The first-order valence-corrected chi connectivity index (χ1v) is 13.9. The molecule has 7 nitrogen and oxygen atoms in total. The van der Waals surface area contributed by atoms with Crippen LogP contribution in [-0.2, 0) is 27.5 Å². The summed E-state index contributed by atoms with van der Waals surface area (Å²) in [6, 6.07) is 2.20. The lowest BCUT2D eigenvalue weighted by molar-refractivity contribution is -0.121. The number of nitrogens with one attached hydrogen (secondary N) is 1. The number of halogens is 1. The summed E-state index contributed by atoms with van der Waals surface area (Å²) in [5.74, 6) is 0.586. The molecule has 0 saturated carbocycles. The van der Waals surface area contributed by atoms with Crippen LogP contribution in [0.2, 0.25) is 5.02 Å². The lowest BCUT2D eigenvalue weighted by Gasteiger charge is -2.34. The minimum Gasteiger partial charge on any atom is -0.356 e. The van der Waals surface area contributed by atoms with Crippen LogP contribution >= 0.6 is 11.6 Å². The Bertz CT molecular complexity index is 1110. The molecule has 180 valence electrons. The van der Waals surface area contributed by atoms with E-state index in [0.717, 1.165) is 73.2 Å². The maximum Gasteiger partial charge on any atom is 0.221 e. The molecule has 0 aromatic carbocycles. The number of carbonyl (C=O) groups excluding carboxylic acids is 1. The number of hydrogen-bond acceptors (Lipinski definition) is 6. The largest absolute Gasteiger partial charge is 0.356 e. The highest BCUT2D eigenvalue weighted by molar-refractivity contribution is 7.90. The van der Waals surface area contributed by atoms with Crippen LogP contribution in [0.5, 0.6) is 0 Å². The zero-order valence-corrected chi connectivity index (χ0v) is 21.4. The summed E-state index contributed by atoms with van der Waals surface area (Å²) < 4.78 is 22.6. The minimum absolute atomic E-state index is 0.00441. The smallest absolute Gasteiger partial charge is 0.221 e. The van der Waals surface area contributed by atoms with Crippen molar-refractivity contribution in [3.05, 3.63) is 40.2 Å². The van der Waals surface area contributed by atoms with Crippen molar-refractivity contribution in [2.24, 2.45) is 0 Å². The van der Waals surface area contributed by atoms with Gasteiger partial charge in [-0.1, -0.05) is 31.5 Å². The standard InChI is InChI=1S/C24H33ClN4O3S/c1-5-17-13-16(3)14-26-23(17)22-19(6-2)24(27-15-20(22)25)29-10-7-18(8-11-29)28-21(30)9-12-33(4,31)32/h13-15,18H,5-12H2,1-4H3,(H,28,30). The highest BCUT2D eigenvalue weighted by Gasteiger charge is 2.26. The van der Waals surface area contributed by atoms with Crippen LogP contribution in [0.1, 0.15) is 49.8 Å². The zero-order valence-electron chi connectivity index (χ0n) is 19.8. The molecule has 0 spiro atoms. The summed E-state index contributed by atoms with van der Waals surface area (Å²) >= 11 is 6.65. The van der Waals surface area contributed by atoms with Crippen LogP contribution in [0.3, 0.4) is 0 Å². The molecule has 0 radical (unpaired) electrons. The molecule has 2 aromatic rings. The number of pyridine rings is 2. The molecular formula is C24H33ClN4O3S. The highest BCUT2D eigenvalue weighted by Crippen LogP contribution is 2.37. The van der Waals surface area contributed by atoms with Crippen molar-refractivity contribution in [2.75, 3.05) is 30.0 Å². The number of piperidine rings is 1. The Hall–Kier alpha value is -2.19. The van der Waals surface area contributed by atoms with E-state index in [4.69, 9.17) is 16.6 Å². The second-order valence-corrected chi connectivity index (χ2v) is 11.4. The van der Waals surface area contributed by atoms with E-state index in [1.54, 1.807) is 6.20 Å². The SMILES string of the molecule is CCc1cc(C)cnc1-c1c(Cl)cnc(N2CCC(NC(=O)CCS(C)(=O)=O)CC2)c1CC. The van der Waals surface area contributed by atoms with E-state index >= 15 is 0 Å². The third-order valence-electron chi connectivity index (χ3n) is 6.04. The number of sulfone groups is 1. The summed E-state index contributed by atoms with van der Waals surface area (Å²) in [6.07, 6.45) is 7.93. The average molecular weight is 493 g/mol. The fourth-order valence-corrected chi connectivity index (χ4v) is 5.13. The molecule has 1 N–H and O–H groups in total. The zero-order chi connectivity index (χ0) is 24.2. The first-order valence-electron chi connectivity index (χ1n) is 11.5. The lowest BCUT2D eigenvalue weighted by atomic mass is 9.96. The summed E-state index contributed by atoms with van der Waals surface area (Å²) in [5.41, 5.74) is 5.25. The summed E-state index contributed by atoms with van der Waals surface area (Å²) in [7, 11) is -3.14. The Morgan fingerprint density at radius 3 is 2.48 bits per heavy atom. The molecule has 1 saturated heterocycles. The number of aryl methyl sites for hydroxylation is 2. The van der Waals surface area contributed by atoms with Gasteiger partial charge in [-0.3, -0.25) is 9.78 Å². The molecule has 3 rings (SSSR count). The molecule has 9 heteroatoms. The summed E-state index contributed by atoms with van der Waals surface area (Å²) in [4.78, 5) is 23.8. The molecule has 1 amide bonds. The van der Waals surface area contributed by atoms with Gasteiger partial charge in [0, 0.05) is 55.3 Å².